The number of thiophene rings is 1. The summed E-state index contributed by atoms with van der Waals surface area (Å²) in [6.45, 7) is 0.251. The summed E-state index contributed by atoms with van der Waals surface area (Å²) in [5.74, 6) is -4.13. The van der Waals surface area contributed by atoms with Gasteiger partial charge in [-0.15, -0.1) is 11.3 Å². The Morgan fingerprint density at radius 3 is 2.69 bits per heavy atom. The second-order valence-corrected chi connectivity index (χ2v) is 7.98. The molecule has 0 aliphatic rings. The number of aromatic carboxylic acids is 1. The van der Waals surface area contributed by atoms with Crippen molar-refractivity contribution in [1.82, 2.24) is 14.5 Å². The molecule has 0 unspecified atom stereocenters. The highest BCUT2D eigenvalue weighted by Crippen LogP contribution is 2.32. The fourth-order valence-corrected chi connectivity index (χ4v) is 4.27. The van der Waals surface area contributed by atoms with E-state index in [0.29, 0.717) is 16.4 Å². The predicted molar refractivity (Wildman–Crippen MR) is 112 cm³/mol. The quantitative estimate of drug-likeness (QED) is 0.382. The Kier molecular flexibility index (Phi) is 5.73. The van der Waals surface area contributed by atoms with E-state index in [1.807, 2.05) is 6.07 Å². The van der Waals surface area contributed by atoms with Crippen molar-refractivity contribution in [3.8, 4) is 16.6 Å². The van der Waals surface area contributed by atoms with Crippen molar-refractivity contribution in [1.29, 1.82) is 5.26 Å². The smallest absolute Gasteiger partial charge is 0.348 e. The van der Waals surface area contributed by atoms with E-state index < -0.39 is 28.3 Å². The zero-order chi connectivity index (χ0) is 23.0. The Morgan fingerprint density at radius 2 is 2.00 bits per heavy atom. The summed E-state index contributed by atoms with van der Waals surface area (Å²) in [6.07, 6.45) is 1.22. The molecular formula is C20H11ClF3N5O2S. The van der Waals surface area contributed by atoms with E-state index in [0.717, 1.165) is 23.5 Å². The molecule has 0 saturated carbocycles. The molecule has 0 bridgehead atoms. The van der Waals surface area contributed by atoms with Crippen molar-refractivity contribution in [2.45, 2.75) is 6.54 Å². The molecule has 7 nitrogen and oxygen atoms in total. The summed E-state index contributed by atoms with van der Waals surface area (Å²) in [5, 5.41) is 21.6. The third-order valence-electron chi connectivity index (χ3n) is 4.58. The number of hydrogen-bond acceptors (Lipinski definition) is 6. The van der Waals surface area contributed by atoms with Gasteiger partial charge >= 0.3 is 5.97 Å². The average molecular weight is 478 g/mol. The molecule has 162 valence electrons. The minimum absolute atomic E-state index is 0.00791. The van der Waals surface area contributed by atoms with Gasteiger partial charge in [0.2, 0.25) is 0 Å². The zero-order valence-electron chi connectivity index (χ0n) is 15.9. The van der Waals surface area contributed by atoms with Crippen LogP contribution in [0.1, 0.15) is 15.4 Å². The number of hydrogen-bond donors (Lipinski definition) is 2. The third-order valence-corrected chi connectivity index (χ3v) is 6.02. The Morgan fingerprint density at radius 1 is 1.22 bits per heavy atom. The van der Waals surface area contributed by atoms with Gasteiger partial charge in [0, 0.05) is 24.5 Å². The Balaban J connectivity index is 1.57. The van der Waals surface area contributed by atoms with Crippen molar-refractivity contribution in [3.05, 3.63) is 63.6 Å². The normalized spacial score (nSPS) is 11.0. The summed E-state index contributed by atoms with van der Waals surface area (Å²) in [5.41, 5.74) is 0.293. The van der Waals surface area contributed by atoms with Crippen molar-refractivity contribution in [2.75, 3.05) is 11.9 Å². The van der Waals surface area contributed by atoms with Gasteiger partial charge in [0.15, 0.2) is 11.6 Å². The van der Waals surface area contributed by atoms with Crippen molar-refractivity contribution < 1.29 is 23.1 Å². The van der Waals surface area contributed by atoms with E-state index in [1.165, 1.54) is 23.0 Å². The molecule has 0 fully saturated rings. The van der Waals surface area contributed by atoms with E-state index in [1.54, 1.807) is 0 Å². The molecule has 2 N–H and O–H groups in total. The first-order chi connectivity index (χ1) is 15.3. The fraction of sp³-hybridized carbons (Fsp3) is 0.100. The Labute approximate surface area is 187 Å². The fourth-order valence-electron chi connectivity index (χ4n) is 3.18. The highest BCUT2D eigenvalue weighted by atomic mass is 35.5. The van der Waals surface area contributed by atoms with Crippen LogP contribution in [0.5, 0.6) is 0 Å². The minimum atomic E-state index is -1.37. The van der Waals surface area contributed by atoms with Crippen LogP contribution in [0.2, 0.25) is 5.02 Å². The number of fused-ring (bicyclic) bond motifs is 1. The van der Waals surface area contributed by atoms with Crippen LogP contribution in [0.25, 0.3) is 21.5 Å². The maximum Gasteiger partial charge on any atom is 0.348 e. The molecule has 0 aliphatic carbocycles. The van der Waals surface area contributed by atoms with Gasteiger partial charge in [-0.3, -0.25) is 0 Å². The predicted octanol–water partition coefficient (Wildman–Crippen LogP) is 4.91. The van der Waals surface area contributed by atoms with Gasteiger partial charge in [0.25, 0.3) is 0 Å². The van der Waals surface area contributed by atoms with Crippen LogP contribution >= 0.6 is 22.9 Å². The number of aromatic nitrogens is 3. The molecule has 0 spiro atoms. The SMILES string of the molecule is N#Cc1cc2c(Cl)cc(F)c(F)c2n1CCNc1cc(-c2cc(F)c(C(=O)O)s2)ncn1. The lowest BCUT2D eigenvalue weighted by atomic mass is 10.2. The Hall–Kier alpha value is -3.62. The lowest BCUT2D eigenvalue weighted by Gasteiger charge is -2.10. The number of carbonyl (C=O) groups is 1. The summed E-state index contributed by atoms with van der Waals surface area (Å²) < 4.78 is 43.3. The van der Waals surface area contributed by atoms with Gasteiger partial charge in [-0.25, -0.2) is 27.9 Å². The molecule has 0 saturated heterocycles. The summed E-state index contributed by atoms with van der Waals surface area (Å²) in [4.78, 5) is 19.0. The molecule has 32 heavy (non-hydrogen) atoms. The molecule has 4 aromatic rings. The number of anilines is 1. The number of nitrogens with one attached hydrogen (secondary N) is 1. The number of benzene rings is 1. The third kappa shape index (κ3) is 3.86. The topological polar surface area (TPSA) is 104 Å². The maximum atomic E-state index is 14.4. The highest BCUT2D eigenvalue weighted by molar-refractivity contribution is 7.17. The highest BCUT2D eigenvalue weighted by Gasteiger charge is 2.19. The van der Waals surface area contributed by atoms with Gasteiger partial charge in [-0.05, 0) is 18.2 Å². The van der Waals surface area contributed by atoms with E-state index in [9.17, 15) is 23.2 Å². The van der Waals surface area contributed by atoms with Gasteiger partial charge in [-0.2, -0.15) is 5.26 Å². The van der Waals surface area contributed by atoms with E-state index >= 15 is 0 Å². The first-order valence-electron chi connectivity index (χ1n) is 8.96. The van der Waals surface area contributed by atoms with Crippen LogP contribution in [0.15, 0.2) is 30.6 Å². The molecule has 0 atom stereocenters. The molecular weight excluding hydrogens is 467 g/mol. The second kappa shape index (κ2) is 8.49. The number of halogens is 4. The maximum absolute atomic E-state index is 14.4. The lowest BCUT2D eigenvalue weighted by Crippen LogP contribution is -2.13. The van der Waals surface area contributed by atoms with Crippen LogP contribution in [0.3, 0.4) is 0 Å². The molecule has 0 radical (unpaired) electrons. The largest absolute Gasteiger partial charge is 0.477 e. The molecule has 3 aromatic heterocycles. The number of rotatable bonds is 6. The van der Waals surface area contributed by atoms with E-state index in [2.05, 4.69) is 15.3 Å². The minimum Gasteiger partial charge on any atom is -0.477 e. The van der Waals surface area contributed by atoms with Crippen LogP contribution in [-0.4, -0.2) is 32.2 Å². The molecule has 1 aromatic carbocycles. The van der Waals surface area contributed by atoms with Crippen LogP contribution in [0.4, 0.5) is 19.0 Å². The van der Waals surface area contributed by atoms with E-state index in [-0.39, 0.29) is 34.7 Å². The monoisotopic (exact) mass is 477 g/mol. The Bertz CT molecular complexity index is 1410. The lowest BCUT2D eigenvalue weighted by molar-refractivity contribution is 0.0697. The van der Waals surface area contributed by atoms with Crippen LogP contribution in [-0.2, 0) is 6.54 Å². The van der Waals surface area contributed by atoms with E-state index in [4.69, 9.17) is 16.7 Å². The van der Waals surface area contributed by atoms with Gasteiger partial charge in [0.05, 0.1) is 21.1 Å². The van der Waals surface area contributed by atoms with Gasteiger partial charge < -0.3 is 15.0 Å². The van der Waals surface area contributed by atoms with Crippen molar-refractivity contribution in [3.63, 3.8) is 0 Å². The molecule has 0 amide bonds. The molecule has 0 aliphatic heterocycles. The van der Waals surface area contributed by atoms with Crippen LogP contribution in [0, 0.1) is 28.8 Å². The first kappa shape index (κ1) is 21.6. The molecule has 3 heterocycles. The van der Waals surface area contributed by atoms with Crippen molar-refractivity contribution in [2.24, 2.45) is 0 Å². The van der Waals surface area contributed by atoms with Gasteiger partial charge in [0.1, 0.15) is 34.6 Å². The summed E-state index contributed by atoms with van der Waals surface area (Å²) in [7, 11) is 0. The number of nitrogens with zero attached hydrogens (tertiary/aromatic N) is 4. The summed E-state index contributed by atoms with van der Waals surface area (Å²) >= 11 is 6.73. The number of carboxylic acids is 1. The second-order valence-electron chi connectivity index (χ2n) is 6.52. The van der Waals surface area contributed by atoms with Gasteiger partial charge in [-0.1, -0.05) is 11.6 Å². The zero-order valence-corrected chi connectivity index (χ0v) is 17.4. The number of carboxylic acid groups (broad SMARTS) is 1. The molecule has 4 rings (SSSR count). The standard InChI is InChI=1S/C20H11ClF3N5O2S/c21-11-4-12(22)17(24)18-10(11)3-9(7-25)29(18)2-1-26-16-6-14(27-8-28-16)15-5-13(23)19(32-15)20(30)31/h3-6,8H,1-2H2,(H,30,31)(H,26,27,28). The first-order valence-corrected chi connectivity index (χ1v) is 10.1. The number of nitriles is 1. The molecule has 12 heteroatoms. The van der Waals surface area contributed by atoms with Crippen molar-refractivity contribution >= 4 is 45.6 Å². The average Bonchev–Trinajstić information content (AvgIpc) is 3.33. The van der Waals surface area contributed by atoms with Crippen LogP contribution < -0.4 is 5.32 Å². The summed E-state index contributed by atoms with van der Waals surface area (Å²) in [6, 6.07) is 6.74.